The minimum absolute atomic E-state index is 0.0245. The molecule has 0 radical (unpaired) electrons. The van der Waals surface area contributed by atoms with Crippen LogP contribution in [0.3, 0.4) is 0 Å². The fraction of sp³-hybridized carbons (Fsp3) is 0.556. The van der Waals surface area contributed by atoms with Crippen molar-refractivity contribution in [2.45, 2.75) is 19.4 Å². The molecule has 0 aliphatic carbocycles. The maximum absolute atomic E-state index is 9.00. The van der Waals surface area contributed by atoms with E-state index < -0.39 is 6.10 Å². The van der Waals surface area contributed by atoms with Gasteiger partial charge in [-0.15, -0.1) is 0 Å². The molecular formula is C9H14N2O3. The Bertz CT molecular complexity index is 263. The summed E-state index contributed by atoms with van der Waals surface area (Å²) in [5, 5.41) is 17.5. The van der Waals surface area contributed by atoms with E-state index in [-0.39, 0.29) is 13.2 Å². The van der Waals surface area contributed by atoms with Crippen LogP contribution >= 0.6 is 0 Å². The first-order valence-corrected chi connectivity index (χ1v) is 4.49. The second kappa shape index (κ2) is 5.51. The lowest BCUT2D eigenvalue weighted by atomic mass is 10.4. The maximum atomic E-state index is 9.00. The van der Waals surface area contributed by atoms with E-state index in [0.717, 1.165) is 12.1 Å². The number of hydrogen-bond donors (Lipinski definition) is 2. The molecule has 0 fully saturated rings. The number of rotatable bonds is 5. The van der Waals surface area contributed by atoms with Crippen molar-refractivity contribution in [2.24, 2.45) is 0 Å². The molecule has 1 rings (SSSR count). The monoisotopic (exact) mass is 198 g/mol. The highest BCUT2D eigenvalue weighted by Gasteiger charge is 2.03. The summed E-state index contributed by atoms with van der Waals surface area (Å²) >= 11 is 0. The number of nitrogens with zero attached hydrogens (tertiary/aromatic N) is 2. The third-order valence-corrected chi connectivity index (χ3v) is 1.68. The van der Waals surface area contributed by atoms with Gasteiger partial charge in [0.1, 0.15) is 12.7 Å². The molecule has 1 aromatic rings. The third-order valence-electron chi connectivity index (χ3n) is 1.68. The minimum atomic E-state index is -0.873. The van der Waals surface area contributed by atoms with Crippen LogP contribution in [0.15, 0.2) is 12.4 Å². The van der Waals surface area contributed by atoms with Crippen molar-refractivity contribution in [1.29, 1.82) is 0 Å². The highest BCUT2D eigenvalue weighted by atomic mass is 16.5. The van der Waals surface area contributed by atoms with Gasteiger partial charge in [0.05, 0.1) is 24.7 Å². The molecule has 0 bridgehead atoms. The minimum Gasteiger partial charge on any atom is -0.474 e. The Hall–Kier alpha value is -1.20. The quantitative estimate of drug-likeness (QED) is 0.683. The average Bonchev–Trinajstić information content (AvgIpc) is 2.26. The number of aryl methyl sites for hydroxylation is 1. The average molecular weight is 198 g/mol. The van der Waals surface area contributed by atoms with Crippen molar-refractivity contribution in [3.05, 3.63) is 18.1 Å². The Balaban J connectivity index is 2.43. The van der Waals surface area contributed by atoms with Gasteiger partial charge in [0, 0.05) is 0 Å². The van der Waals surface area contributed by atoms with Crippen LogP contribution in [0.4, 0.5) is 0 Å². The molecule has 5 nitrogen and oxygen atoms in total. The van der Waals surface area contributed by atoms with Crippen LogP contribution in [-0.4, -0.2) is 39.5 Å². The molecule has 1 atom stereocenters. The van der Waals surface area contributed by atoms with Gasteiger partial charge in [-0.2, -0.15) is 0 Å². The normalized spacial score (nSPS) is 12.5. The van der Waals surface area contributed by atoms with Gasteiger partial charge in [0.2, 0.25) is 5.88 Å². The summed E-state index contributed by atoms with van der Waals surface area (Å²) in [6.45, 7) is 1.69. The van der Waals surface area contributed by atoms with Crippen molar-refractivity contribution in [1.82, 2.24) is 9.97 Å². The van der Waals surface area contributed by atoms with Crippen LogP contribution in [0.5, 0.6) is 5.88 Å². The molecule has 0 saturated carbocycles. The second-order valence-corrected chi connectivity index (χ2v) is 2.85. The van der Waals surface area contributed by atoms with Gasteiger partial charge in [-0.05, 0) is 6.42 Å². The van der Waals surface area contributed by atoms with Gasteiger partial charge in [0.25, 0.3) is 0 Å². The van der Waals surface area contributed by atoms with Crippen LogP contribution in [-0.2, 0) is 6.42 Å². The van der Waals surface area contributed by atoms with E-state index in [9.17, 15) is 0 Å². The molecular weight excluding hydrogens is 184 g/mol. The Morgan fingerprint density at radius 1 is 1.43 bits per heavy atom. The number of aliphatic hydroxyl groups is 2. The van der Waals surface area contributed by atoms with E-state index in [1.807, 2.05) is 6.92 Å². The first-order valence-electron chi connectivity index (χ1n) is 4.49. The molecule has 0 amide bonds. The first-order chi connectivity index (χ1) is 6.76. The van der Waals surface area contributed by atoms with Gasteiger partial charge in [-0.3, -0.25) is 4.98 Å². The molecule has 1 aromatic heterocycles. The lowest BCUT2D eigenvalue weighted by Gasteiger charge is -2.08. The molecule has 78 valence electrons. The van der Waals surface area contributed by atoms with Gasteiger partial charge in [0.15, 0.2) is 0 Å². The highest BCUT2D eigenvalue weighted by molar-refractivity contribution is 5.06. The Morgan fingerprint density at radius 2 is 2.21 bits per heavy atom. The summed E-state index contributed by atoms with van der Waals surface area (Å²) in [4.78, 5) is 8.05. The van der Waals surface area contributed by atoms with Crippen molar-refractivity contribution < 1.29 is 14.9 Å². The SMILES string of the molecule is CCc1cnc(OCC(O)CO)cn1. The summed E-state index contributed by atoms with van der Waals surface area (Å²) < 4.78 is 5.07. The molecule has 5 heteroatoms. The van der Waals surface area contributed by atoms with Crippen LogP contribution in [0.25, 0.3) is 0 Å². The van der Waals surface area contributed by atoms with Crippen LogP contribution in [0.2, 0.25) is 0 Å². The zero-order valence-electron chi connectivity index (χ0n) is 8.05. The van der Waals surface area contributed by atoms with E-state index in [4.69, 9.17) is 14.9 Å². The van der Waals surface area contributed by atoms with Gasteiger partial charge < -0.3 is 14.9 Å². The van der Waals surface area contributed by atoms with E-state index in [0.29, 0.717) is 5.88 Å². The van der Waals surface area contributed by atoms with E-state index >= 15 is 0 Å². The molecule has 0 aliphatic heterocycles. The van der Waals surface area contributed by atoms with Gasteiger partial charge >= 0.3 is 0 Å². The van der Waals surface area contributed by atoms with Crippen molar-refractivity contribution >= 4 is 0 Å². The zero-order valence-corrected chi connectivity index (χ0v) is 8.05. The summed E-state index contributed by atoms with van der Waals surface area (Å²) in [7, 11) is 0. The Labute approximate surface area is 82.4 Å². The molecule has 0 aromatic carbocycles. The van der Waals surface area contributed by atoms with Crippen molar-refractivity contribution in [3.63, 3.8) is 0 Å². The van der Waals surface area contributed by atoms with E-state index in [1.165, 1.54) is 6.20 Å². The molecule has 0 spiro atoms. The first kappa shape index (κ1) is 10.9. The molecule has 2 N–H and O–H groups in total. The van der Waals surface area contributed by atoms with Crippen molar-refractivity contribution in [2.75, 3.05) is 13.2 Å². The summed E-state index contributed by atoms with van der Waals surface area (Å²) in [5.74, 6) is 0.356. The summed E-state index contributed by atoms with van der Waals surface area (Å²) in [6.07, 6.45) is 3.08. The zero-order chi connectivity index (χ0) is 10.4. The molecule has 0 saturated heterocycles. The number of aliphatic hydroxyl groups excluding tert-OH is 2. The number of hydrogen-bond acceptors (Lipinski definition) is 5. The third kappa shape index (κ3) is 3.27. The van der Waals surface area contributed by atoms with E-state index in [1.54, 1.807) is 6.20 Å². The fourth-order valence-corrected chi connectivity index (χ4v) is 0.834. The molecule has 1 unspecified atom stereocenters. The largest absolute Gasteiger partial charge is 0.474 e. The van der Waals surface area contributed by atoms with Gasteiger partial charge in [-0.1, -0.05) is 6.92 Å². The topological polar surface area (TPSA) is 75.5 Å². The van der Waals surface area contributed by atoms with Crippen LogP contribution in [0.1, 0.15) is 12.6 Å². The maximum Gasteiger partial charge on any atom is 0.232 e. The van der Waals surface area contributed by atoms with Crippen LogP contribution in [0, 0.1) is 0 Å². The lowest BCUT2D eigenvalue weighted by molar-refractivity contribution is 0.0519. The summed E-state index contributed by atoms with van der Waals surface area (Å²) in [5.41, 5.74) is 0.889. The molecule has 0 aliphatic rings. The molecule has 1 heterocycles. The molecule has 14 heavy (non-hydrogen) atoms. The fourth-order valence-electron chi connectivity index (χ4n) is 0.834. The lowest BCUT2D eigenvalue weighted by Crippen LogP contribution is -2.21. The summed E-state index contributed by atoms with van der Waals surface area (Å²) in [6, 6.07) is 0. The highest BCUT2D eigenvalue weighted by Crippen LogP contribution is 2.04. The number of ether oxygens (including phenoxy) is 1. The predicted molar refractivity (Wildman–Crippen MR) is 50.0 cm³/mol. The Kier molecular flexibility index (Phi) is 4.28. The standard InChI is InChI=1S/C9H14N2O3/c1-2-7-3-11-9(4-10-7)14-6-8(13)5-12/h3-4,8,12-13H,2,5-6H2,1H3. The predicted octanol–water partition coefficient (Wildman–Crippen LogP) is -0.229. The Morgan fingerprint density at radius 3 is 2.71 bits per heavy atom. The second-order valence-electron chi connectivity index (χ2n) is 2.85. The van der Waals surface area contributed by atoms with Crippen molar-refractivity contribution in [3.8, 4) is 5.88 Å². The van der Waals surface area contributed by atoms with E-state index in [2.05, 4.69) is 9.97 Å². The van der Waals surface area contributed by atoms with Crippen LogP contribution < -0.4 is 4.74 Å². The number of aromatic nitrogens is 2. The van der Waals surface area contributed by atoms with Gasteiger partial charge in [-0.25, -0.2) is 4.98 Å². The smallest absolute Gasteiger partial charge is 0.232 e.